The van der Waals surface area contributed by atoms with Crippen molar-refractivity contribution in [2.24, 2.45) is 0 Å². The Balaban J connectivity index is 2.22. The van der Waals surface area contributed by atoms with Gasteiger partial charge >= 0.3 is 6.09 Å². The molecule has 122 valence electrons. The van der Waals surface area contributed by atoms with Crippen LogP contribution in [0.1, 0.15) is 45.6 Å². The molecule has 1 fully saturated rings. The van der Waals surface area contributed by atoms with E-state index in [1.54, 1.807) is 6.07 Å². The summed E-state index contributed by atoms with van der Waals surface area (Å²) in [6.07, 6.45) is 1.82. The van der Waals surface area contributed by atoms with Crippen LogP contribution in [0.3, 0.4) is 0 Å². The minimum absolute atomic E-state index is 0.158. The Kier molecular flexibility index (Phi) is 5.06. The molecule has 1 N–H and O–H groups in total. The lowest BCUT2D eigenvalue weighted by Gasteiger charge is -2.47. The topological polar surface area (TPSA) is 43.8 Å². The van der Waals surface area contributed by atoms with Crippen molar-refractivity contribution < 1.29 is 14.3 Å². The summed E-state index contributed by atoms with van der Waals surface area (Å²) >= 11 is 0. The van der Waals surface area contributed by atoms with E-state index in [4.69, 9.17) is 0 Å². The summed E-state index contributed by atoms with van der Waals surface area (Å²) < 4.78 is 13.4. The van der Waals surface area contributed by atoms with Crippen LogP contribution >= 0.6 is 0 Å². The minimum Gasteiger partial charge on any atom is -0.465 e. The van der Waals surface area contributed by atoms with E-state index in [0.29, 0.717) is 6.54 Å². The lowest BCUT2D eigenvalue weighted by molar-refractivity contribution is -0.0269. The van der Waals surface area contributed by atoms with Gasteiger partial charge in [-0.25, -0.2) is 9.18 Å². The van der Waals surface area contributed by atoms with Gasteiger partial charge in [-0.3, -0.25) is 9.80 Å². The van der Waals surface area contributed by atoms with E-state index in [9.17, 15) is 14.3 Å². The van der Waals surface area contributed by atoms with E-state index < -0.39 is 11.6 Å². The molecule has 1 unspecified atom stereocenters. The quantitative estimate of drug-likeness (QED) is 0.920. The molecule has 0 aliphatic carbocycles. The highest BCUT2D eigenvalue weighted by Crippen LogP contribution is 2.28. The normalized spacial score (nSPS) is 19.9. The molecular formula is C17H25FN2O2. The van der Waals surface area contributed by atoms with E-state index in [0.717, 1.165) is 31.4 Å². The molecule has 0 spiro atoms. The third-order valence-corrected chi connectivity index (χ3v) is 4.08. The largest absolute Gasteiger partial charge is 0.465 e. The Morgan fingerprint density at radius 3 is 2.73 bits per heavy atom. The molecule has 0 saturated carbocycles. The average molecular weight is 308 g/mol. The summed E-state index contributed by atoms with van der Waals surface area (Å²) in [7, 11) is 0. The summed E-state index contributed by atoms with van der Waals surface area (Å²) in [5, 5.41) is 9.63. The van der Waals surface area contributed by atoms with Crippen LogP contribution in [0.2, 0.25) is 0 Å². The molecule has 4 nitrogen and oxygen atoms in total. The number of likely N-dealkylation sites (tertiary alicyclic amines) is 1. The smallest absolute Gasteiger partial charge is 0.409 e. The van der Waals surface area contributed by atoms with Crippen molar-refractivity contribution in [3.8, 4) is 0 Å². The maximum atomic E-state index is 13.4. The van der Waals surface area contributed by atoms with Gasteiger partial charge in [0.2, 0.25) is 0 Å². The lowest BCUT2D eigenvalue weighted by Crippen LogP contribution is -2.59. The number of hydrogen-bond donors (Lipinski definition) is 1. The predicted octanol–water partition coefficient (Wildman–Crippen LogP) is 3.92. The van der Waals surface area contributed by atoms with Crippen LogP contribution in [-0.2, 0) is 6.54 Å². The zero-order valence-corrected chi connectivity index (χ0v) is 13.6. The summed E-state index contributed by atoms with van der Waals surface area (Å²) in [6.45, 7) is 7.14. The third kappa shape index (κ3) is 3.97. The second kappa shape index (κ2) is 6.65. The van der Waals surface area contributed by atoms with Gasteiger partial charge in [-0.05, 0) is 57.7 Å². The number of carboxylic acid groups (broad SMARTS) is 1. The number of nitrogens with zero attached hydrogens (tertiary/aromatic N) is 2. The van der Waals surface area contributed by atoms with Crippen LogP contribution in [-0.4, -0.2) is 39.2 Å². The maximum absolute atomic E-state index is 13.4. The summed E-state index contributed by atoms with van der Waals surface area (Å²) in [6, 6.07) is 6.53. The van der Waals surface area contributed by atoms with E-state index in [-0.39, 0.29) is 12.0 Å². The fraction of sp³-hybridized carbons (Fsp3) is 0.588. The molecule has 1 aliphatic heterocycles. The standard InChI is InChI=1S/C17H25FN2O2/c1-17(2,3)20(16(21)22)15-9-4-5-10-19(15)12-13-7-6-8-14(18)11-13/h6-8,11,15H,4-5,9-10,12H2,1-3H3,(H,21,22). The molecule has 1 heterocycles. The number of benzene rings is 1. The van der Waals surface area contributed by atoms with E-state index in [1.165, 1.54) is 17.0 Å². The molecule has 0 aromatic heterocycles. The maximum Gasteiger partial charge on any atom is 0.409 e. The summed E-state index contributed by atoms with van der Waals surface area (Å²) in [4.78, 5) is 15.4. The second-order valence-electron chi connectivity index (χ2n) is 6.90. The van der Waals surface area contributed by atoms with E-state index >= 15 is 0 Å². The van der Waals surface area contributed by atoms with Gasteiger partial charge < -0.3 is 5.11 Å². The first-order valence-corrected chi connectivity index (χ1v) is 7.80. The van der Waals surface area contributed by atoms with Crippen LogP contribution in [0.25, 0.3) is 0 Å². The van der Waals surface area contributed by atoms with Gasteiger partial charge in [-0.1, -0.05) is 12.1 Å². The molecule has 22 heavy (non-hydrogen) atoms. The Morgan fingerprint density at radius 1 is 1.41 bits per heavy atom. The van der Waals surface area contributed by atoms with Crippen molar-refractivity contribution >= 4 is 6.09 Å². The highest BCUT2D eigenvalue weighted by Gasteiger charge is 2.37. The highest BCUT2D eigenvalue weighted by molar-refractivity contribution is 5.66. The van der Waals surface area contributed by atoms with Crippen molar-refractivity contribution in [3.63, 3.8) is 0 Å². The zero-order chi connectivity index (χ0) is 16.3. The minimum atomic E-state index is -0.899. The predicted molar refractivity (Wildman–Crippen MR) is 84.1 cm³/mol. The first-order chi connectivity index (χ1) is 10.3. The SMILES string of the molecule is CC(C)(C)N(C(=O)O)C1CCCCN1Cc1cccc(F)c1. The molecule has 1 saturated heterocycles. The fourth-order valence-corrected chi connectivity index (χ4v) is 3.18. The highest BCUT2D eigenvalue weighted by atomic mass is 19.1. The van der Waals surface area contributed by atoms with Gasteiger partial charge in [0, 0.05) is 18.6 Å². The monoisotopic (exact) mass is 308 g/mol. The Hall–Kier alpha value is -1.62. The average Bonchev–Trinajstić information content (AvgIpc) is 2.39. The molecule has 1 amide bonds. The summed E-state index contributed by atoms with van der Waals surface area (Å²) in [5.41, 5.74) is 0.416. The fourth-order valence-electron chi connectivity index (χ4n) is 3.18. The van der Waals surface area contributed by atoms with Crippen LogP contribution < -0.4 is 0 Å². The number of carbonyl (C=O) groups is 1. The molecule has 1 aromatic carbocycles. The molecule has 2 rings (SSSR count). The van der Waals surface area contributed by atoms with Gasteiger partial charge in [0.05, 0.1) is 6.17 Å². The number of halogens is 1. The summed E-state index contributed by atoms with van der Waals surface area (Å²) in [5.74, 6) is -0.253. The van der Waals surface area contributed by atoms with Crippen LogP contribution in [0.15, 0.2) is 24.3 Å². The van der Waals surface area contributed by atoms with Crippen molar-refractivity contribution in [1.82, 2.24) is 9.80 Å². The van der Waals surface area contributed by atoms with E-state index in [2.05, 4.69) is 4.90 Å². The number of piperidine rings is 1. The second-order valence-corrected chi connectivity index (χ2v) is 6.90. The van der Waals surface area contributed by atoms with Crippen molar-refractivity contribution in [1.29, 1.82) is 0 Å². The van der Waals surface area contributed by atoms with Gasteiger partial charge in [-0.15, -0.1) is 0 Å². The number of amides is 1. The lowest BCUT2D eigenvalue weighted by atomic mass is 9.99. The number of rotatable bonds is 3. The van der Waals surface area contributed by atoms with Crippen LogP contribution in [0.5, 0.6) is 0 Å². The molecule has 0 radical (unpaired) electrons. The molecular weight excluding hydrogens is 283 g/mol. The molecule has 1 aliphatic rings. The first kappa shape index (κ1) is 16.7. The van der Waals surface area contributed by atoms with E-state index in [1.807, 2.05) is 26.8 Å². The van der Waals surface area contributed by atoms with Crippen LogP contribution in [0.4, 0.5) is 9.18 Å². The van der Waals surface area contributed by atoms with Gasteiger partial charge in [0.15, 0.2) is 0 Å². The zero-order valence-electron chi connectivity index (χ0n) is 13.6. The van der Waals surface area contributed by atoms with Crippen molar-refractivity contribution in [3.05, 3.63) is 35.6 Å². The molecule has 0 bridgehead atoms. The Labute approximate surface area is 131 Å². The number of hydrogen-bond acceptors (Lipinski definition) is 2. The molecule has 1 atom stereocenters. The van der Waals surface area contributed by atoms with Gasteiger partial charge in [0.25, 0.3) is 0 Å². The third-order valence-electron chi connectivity index (χ3n) is 4.08. The van der Waals surface area contributed by atoms with Gasteiger partial charge in [-0.2, -0.15) is 0 Å². The first-order valence-electron chi connectivity index (χ1n) is 7.80. The van der Waals surface area contributed by atoms with Gasteiger partial charge in [0.1, 0.15) is 5.82 Å². The Morgan fingerprint density at radius 2 is 2.14 bits per heavy atom. The Bertz CT molecular complexity index is 528. The van der Waals surface area contributed by atoms with Crippen molar-refractivity contribution in [2.75, 3.05) is 6.54 Å². The molecule has 5 heteroatoms. The van der Waals surface area contributed by atoms with Crippen molar-refractivity contribution in [2.45, 2.75) is 58.3 Å². The molecule has 1 aromatic rings. The van der Waals surface area contributed by atoms with Crippen LogP contribution in [0, 0.1) is 5.82 Å².